The van der Waals surface area contributed by atoms with Crippen molar-refractivity contribution in [2.75, 3.05) is 13.2 Å². The third-order valence-corrected chi connectivity index (χ3v) is 7.38. The maximum atomic E-state index is 12.4. The second-order valence-electron chi connectivity index (χ2n) is 10.8. The van der Waals surface area contributed by atoms with Crippen LogP contribution >= 0.6 is 0 Å². The summed E-state index contributed by atoms with van der Waals surface area (Å²) in [6.07, 6.45) is 7.45. The quantitative estimate of drug-likeness (QED) is 0.0873. The van der Waals surface area contributed by atoms with Crippen LogP contribution in [0, 0.1) is 6.92 Å². The van der Waals surface area contributed by atoms with Gasteiger partial charge in [-0.2, -0.15) is 0 Å². The fraction of sp³-hybridized carbons (Fsp3) is 0.543. The number of carbonyl (C=O) groups is 2. The summed E-state index contributed by atoms with van der Waals surface area (Å²) in [6, 6.07) is 14.2. The van der Waals surface area contributed by atoms with Crippen LogP contribution in [0.2, 0.25) is 0 Å². The Bertz CT molecular complexity index is 1270. The Morgan fingerprint density at radius 2 is 1.10 bits per heavy atom. The molecule has 3 rings (SSSR count). The average Bonchev–Trinajstić information content (AvgIpc) is 2.97. The zero-order valence-corrected chi connectivity index (χ0v) is 25.6. The van der Waals surface area contributed by atoms with Crippen molar-refractivity contribution in [2.24, 2.45) is 0 Å². The molecule has 0 amide bonds. The zero-order chi connectivity index (χ0) is 29.6. The van der Waals surface area contributed by atoms with Gasteiger partial charge in [-0.1, -0.05) is 95.3 Å². The predicted molar refractivity (Wildman–Crippen MR) is 166 cm³/mol. The molecule has 6 heteroatoms. The van der Waals surface area contributed by atoms with E-state index in [1.807, 2.05) is 38.1 Å². The van der Waals surface area contributed by atoms with E-state index in [-0.39, 0.29) is 37.4 Å². The molecule has 2 unspecified atom stereocenters. The van der Waals surface area contributed by atoms with Crippen LogP contribution in [0.25, 0.3) is 21.5 Å². The highest BCUT2D eigenvalue weighted by molar-refractivity contribution is 6.11. The van der Waals surface area contributed by atoms with E-state index in [0.29, 0.717) is 25.7 Å². The van der Waals surface area contributed by atoms with E-state index in [0.717, 1.165) is 77.1 Å². The SMILES string of the molecule is CCCCCC(=O)OC(CC)COc1c2ccccc2c(OCC(CC)OC(=O)CCCCC)c2cc(C)ccc12. The lowest BCUT2D eigenvalue weighted by molar-refractivity contribution is -0.151. The van der Waals surface area contributed by atoms with E-state index in [9.17, 15) is 9.59 Å². The molecule has 3 aromatic rings. The normalized spacial score (nSPS) is 12.7. The lowest BCUT2D eigenvalue weighted by atomic mass is 9.99. The summed E-state index contributed by atoms with van der Waals surface area (Å²) < 4.78 is 24.4. The van der Waals surface area contributed by atoms with E-state index in [4.69, 9.17) is 18.9 Å². The summed E-state index contributed by atoms with van der Waals surface area (Å²) in [4.78, 5) is 24.7. The van der Waals surface area contributed by atoms with Crippen LogP contribution in [0.1, 0.15) is 97.5 Å². The zero-order valence-electron chi connectivity index (χ0n) is 25.6. The van der Waals surface area contributed by atoms with Crippen LogP contribution in [-0.2, 0) is 19.1 Å². The molecule has 41 heavy (non-hydrogen) atoms. The molecule has 0 bridgehead atoms. The standard InChI is InChI=1S/C35H48O6/c1-6-10-12-18-32(36)40-26(8-3)23-38-34-28-16-14-15-17-29(28)35(31-22-25(5)20-21-30(31)34)39-24-27(9-4)41-33(37)19-13-11-7-2/h14-17,20-22,26-27H,6-13,18-19,23-24H2,1-5H3. The van der Waals surface area contributed by atoms with Gasteiger partial charge in [-0.25, -0.2) is 0 Å². The van der Waals surface area contributed by atoms with Gasteiger partial charge in [0.1, 0.15) is 36.9 Å². The maximum absolute atomic E-state index is 12.4. The molecule has 0 spiro atoms. The van der Waals surface area contributed by atoms with Crippen molar-refractivity contribution in [3.8, 4) is 11.5 Å². The number of hydrogen-bond donors (Lipinski definition) is 0. The first-order valence-electron chi connectivity index (χ1n) is 15.5. The number of hydrogen-bond acceptors (Lipinski definition) is 6. The van der Waals surface area contributed by atoms with Crippen molar-refractivity contribution in [3.05, 3.63) is 48.0 Å². The molecule has 0 heterocycles. The van der Waals surface area contributed by atoms with Gasteiger partial charge < -0.3 is 18.9 Å². The summed E-state index contributed by atoms with van der Waals surface area (Å²) in [5.41, 5.74) is 1.10. The van der Waals surface area contributed by atoms with Crippen molar-refractivity contribution in [2.45, 2.75) is 111 Å². The van der Waals surface area contributed by atoms with Crippen LogP contribution in [-0.4, -0.2) is 37.4 Å². The highest BCUT2D eigenvalue weighted by atomic mass is 16.6. The highest BCUT2D eigenvalue weighted by Gasteiger charge is 2.21. The van der Waals surface area contributed by atoms with Gasteiger partial charge in [0, 0.05) is 34.4 Å². The number of carbonyl (C=O) groups excluding carboxylic acids is 2. The third kappa shape index (κ3) is 9.37. The summed E-state index contributed by atoms with van der Waals surface area (Å²) in [6.45, 7) is 10.8. The van der Waals surface area contributed by atoms with Crippen molar-refractivity contribution in [1.82, 2.24) is 0 Å². The van der Waals surface area contributed by atoms with Gasteiger partial charge in [-0.15, -0.1) is 0 Å². The van der Waals surface area contributed by atoms with Gasteiger partial charge in [0.05, 0.1) is 0 Å². The topological polar surface area (TPSA) is 71.1 Å². The Hall–Kier alpha value is -3.28. The van der Waals surface area contributed by atoms with E-state index in [1.165, 1.54) is 0 Å². The van der Waals surface area contributed by atoms with Crippen LogP contribution in [0.4, 0.5) is 0 Å². The van der Waals surface area contributed by atoms with Gasteiger partial charge in [-0.05, 0) is 38.7 Å². The lowest BCUT2D eigenvalue weighted by Gasteiger charge is -2.22. The molecule has 224 valence electrons. The molecular weight excluding hydrogens is 516 g/mol. The fourth-order valence-electron chi connectivity index (χ4n) is 4.88. The lowest BCUT2D eigenvalue weighted by Crippen LogP contribution is -2.25. The van der Waals surface area contributed by atoms with Gasteiger partial charge >= 0.3 is 11.9 Å². The summed E-state index contributed by atoms with van der Waals surface area (Å²) in [5, 5.41) is 3.72. The van der Waals surface area contributed by atoms with Crippen molar-refractivity contribution in [1.29, 1.82) is 0 Å². The third-order valence-electron chi connectivity index (χ3n) is 7.38. The second kappa shape index (κ2) is 16.9. The predicted octanol–water partition coefficient (Wildman–Crippen LogP) is 8.86. The molecule has 0 radical (unpaired) electrons. The highest BCUT2D eigenvalue weighted by Crippen LogP contribution is 2.43. The number of unbranched alkanes of at least 4 members (excludes halogenated alkanes) is 4. The smallest absolute Gasteiger partial charge is 0.306 e. The molecule has 0 aromatic heterocycles. The van der Waals surface area contributed by atoms with Crippen molar-refractivity contribution < 1.29 is 28.5 Å². The minimum Gasteiger partial charge on any atom is -0.488 e. The van der Waals surface area contributed by atoms with Gasteiger partial charge in [0.15, 0.2) is 0 Å². The van der Waals surface area contributed by atoms with Crippen LogP contribution in [0.5, 0.6) is 11.5 Å². The molecular formula is C35H48O6. The minimum atomic E-state index is -0.323. The van der Waals surface area contributed by atoms with Crippen LogP contribution < -0.4 is 9.47 Å². The molecule has 0 N–H and O–H groups in total. The van der Waals surface area contributed by atoms with E-state index >= 15 is 0 Å². The van der Waals surface area contributed by atoms with Gasteiger partial charge in [0.25, 0.3) is 0 Å². The Kier molecular flexibility index (Phi) is 13.3. The van der Waals surface area contributed by atoms with Crippen LogP contribution in [0.15, 0.2) is 42.5 Å². The minimum absolute atomic E-state index is 0.167. The Balaban J connectivity index is 1.86. The number of aryl methyl sites for hydroxylation is 1. The molecule has 2 atom stereocenters. The first-order valence-corrected chi connectivity index (χ1v) is 15.5. The molecule has 0 saturated heterocycles. The Labute approximate surface area is 245 Å². The summed E-state index contributed by atoms with van der Waals surface area (Å²) >= 11 is 0. The molecule has 0 aliphatic heterocycles. The molecule has 0 aliphatic rings. The summed E-state index contributed by atoms with van der Waals surface area (Å²) in [7, 11) is 0. The fourth-order valence-corrected chi connectivity index (χ4v) is 4.88. The maximum Gasteiger partial charge on any atom is 0.306 e. The van der Waals surface area contributed by atoms with E-state index < -0.39 is 0 Å². The Morgan fingerprint density at radius 1 is 0.634 bits per heavy atom. The Morgan fingerprint density at radius 3 is 1.56 bits per heavy atom. The molecule has 0 fully saturated rings. The number of ether oxygens (including phenoxy) is 4. The van der Waals surface area contributed by atoms with Gasteiger partial charge in [-0.3, -0.25) is 9.59 Å². The van der Waals surface area contributed by atoms with Crippen LogP contribution in [0.3, 0.4) is 0 Å². The molecule has 0 aliphatic carbocycles. The van der Waals surface area contributed by atoms with E-state index in [2.05, 4.69) is 39.0 Å². The molecule has 6 nitrogen and oxygen atoms in total. The average molecular weight is 565 g/mol. The number of esters is 2. The monoisotopic (exact) mass is 564 g/mol. The first-order chi connectivity index (χ1) is 19.9. The number of rotatable bonds is 18. The van der Waals surface area contributed by atoms with E-state index in [1.54, 1.807) is 0 Å². The molecule has 3 aromatic carbocycles. The molecule has 0 saturated carbocycles. The first kappa shape index (κ1) is 32.2. The second-order valence-corrected chi connectivity index (χ2v) is 10.8. The van der Waals surface area contributed by atoms with Crippen molar-refractivity contribution in [3.63, 3.8) is 0 Å². The largest absolute Gasteiger partial charge is 0.488 e. The number of benzene rings is 3. The summed E-state index contributed by atoms with van der Waals surface area (Å²) in [5.74, 6) is 1.17. The van der Waals surface area contributed by atoms with Gasteiger partial charge in [0.2, 0.25) is 0 Å². The van der Waals surface area contributed by atoms with Crippen molar-refractivity contribution >= 4 is 33.5 Å². The number of fused-ring (bicyclic) bond motifs is 2.